The Balaban J connectivity index is 2.28. The number of benzene rings is 1. The fourth-order valence-corrected chi connectivity index (χ4v) is 2.67. The van der Waals surface area contributed by atoms with Crippen LogP contribution >= 0.6 is 0 Å². The standard InChI is InChI=1S/C19H23NO6/c1-9(2)17(18(22)23)20-15(21)8-25-13-6-10(3)7-14-16(13)11(4)12(5)19(24)26-14/h6-7,9,17H,8H2,1-5H3,(H,20,21)(H,22,23)/t17-/m1/s1. The molecule has 26 heavy (non-hydrogen) atoms. The number of fused-ring (bicyclic) bond motifs is 1. The van der Waals surface area contributed by atoms with Gasteiger partial charge in [0.25, 0.3) is 5.91 Å². The van der Waals surface area contributed by atoms with Gasteiger partial charge in [-0.3, -0.25) is 4.79 Å². The van der Waals surface area contributed by atoms with Gasteiger partial charge in [0.1, 0.15) is 17.4 Å². The fraction of sp³-hybridized carbons (Fsp3) is 0.421. The zero-order valence-corrected chi connectivity index (χ0v) is 15.5. The maximum atomic E-state index is 12.1. The molecule has 7 nitrogen and oxygen atoms in total. The smallest absolute Gasteiger partial charge is 0.339 e. The van der Waals surface area contributed by atoms with Crippen LogP contribution in [-0.2, 0) is 9.59 Å². The van der Waals surface area contributed by atoms with Crippen LogP contribution in [0.3, 0.4) is 0 Å². The number of carboxylic acid groups (broad SMARTS) is 1. The van der Waals surface area contributed by atoms with Crippen LogP contribution in [0.15, 0.2) is 21.3 Å². The summed E-state index contributed by atoms with van der Waals surface area (Å²) >= 11 is 0. The number of nitrogens with one attached hydrogen (secondary N) is 1. The summed E-state index contributed by atoms with van der Waals surface area (Å²) in [6.07, 6.45) is 0. The number of aliphatic carboxylic acids is 1. The van der Waals surface area contributed by atoms with Crippen LogP contribution in [0.1, 0.15) is 30.5 Å². The molecule has 7 heteroatoms. The molecule has 0 saturated carbocycles. The Bertz CT molecular complexity index is 912. The van der Waals surface area contributed by atoms with Gasteiger partial charge in [-0.05, 0) is 49.9 Å². The normalized spacial score (nSPS) is 12.2. The summed E-state index contributed by atoms with van der Waals surface area (Å²) in [5.74, 6) is -1.47. The minimum Gasteiger partial charge on any atom is -0.483 e. The molecule has 140 valence electrons. The number of hydrogen-bond acceptors (Lipinski definition) is 5. The quantitative estimate of drug-likeness (QED) is 0.765. The van der Waals surface area contributed by atoms with E-state index < -0.39 is 23.5 Å². The van der Waals surface area contributed by atoms with Gasteiger partial charge in [0.15, 0.2) is 6.61 Å². The van der Waals surface area contributed by atoms with Crippen molar-refractivity contribution in [3.8, 4) is 5.75 Å². The molecule has 0 saturated heterocycles. The Hall–Kier alpha value is -2.83. The molecular weight excluding hydrogens is 338 g/mol. The molecule has 0 aliphatic carbocycles. The SMILES string of the molecule is Cc1cc(OCC(=O)N[C@@H](C(=O)O)C(C)C)c2c(C)c(C)c(=O)oc2c1. The first kappa shape index (κ1) is 19.5. The van der Waals surface area contributed by atoms with E-state index in [1.54, 1.807) is 39.8 Å². The highest BCUT2D eigenvalue weighted by atomic mass is 16.5. The van der Waals surface area contributed by atoms with Crippen molar-refractivity contribution in [2.75, 3.05) is 6.61 Å². The molecule has 0 radical (unpaired) electrons. The predicted octanol–water partition coefficient (Wildman–Crippen LogP) is 2.32. The first-order valence-electron chi connectivity index (χ1n) is 8.31. The van der Waals surface area contributed by atoms with Crippen molar-refractivity contribution in [3.63, 3.8) is 0 Å². The molecule has 1 heterocycles. The van der Waals surface area contributed by atoms with Gasteiger partial charge in [-0.25, -0.2) is 9.59 Å². The molecule has 1 aromatic carbocycles. The van der Waals surface area contributed by atoms with Gasteiger partial charge >= 0.3 is 11.6 Å². The van der Waals surface area contributed by atoms with Gasteiger partial charge in [0.05, 0.1) is 5.39 Å². The van der Waals surface area contributed by atoms with Gasteiger partial charge < -0.3 is 19.6 Å². The molecular formula is C19H23NO6. The second kappa shape index (κ2) is 7.59. The highest BCUT2D eigenvalue weighted by molar-refractivity contribution is 5.89. The Morgan fingerprint density at radius 2 is 1.85 bits per heavy atom. The van der Waals surface area contributed by atoms with Crippen LogP contribution in [0.5, 0.6) is 5.75 Å². The lowest BCUT2D eigenvalue weighted by molar-refractivity contribution is -0.143. The summed E-state index contributed by atoms with van der Waals surface area (Å²) in [6.45, 7) is 8.35. The molecule has 0 aliphatic rings. The first-order chi connectivity index (χ1) is 12.1. The number of rotatable bonds is 6. The number of amides is 1. The minimum absolute atomic E-state index is 0.254. The number of carboxylic acids is 1. The third kappa shape index (κ3) is 4.04. The molecule has 1 atom stereocenters. The molecule has 0 fully saturated rings. The number of hydrogen-bond donors (Lipinski definition) is 2. The Labute approximate surface area is 151 Å². The van der Waals surface area contributed by atoms with Gasteiger partial charge in [0, 0.05) is 5.56 Å². The maximum Gasteiger partial charge on any atom is 0.339 e. The van der Waals surface area contributed by atoms with Gasteiger partial charge in [-0.15, -0.1) is 0 Å². The average molecular weight is 361 g/mol. The average Bonchev–Trinajstić information content (AvgIpc) is 2.54. The monoisotopic (exact) mass is 361 g/mol. The Morgan fingerprint density at radius 3 is 2.42 bits per heavy atom. The zero-order chi connectivity index (χ0) is 19.6. The number of carbonyl (C=O) groups is 2. The van der Waals surface area contributed by atoms with Crippen molar-refractivity contribution in [3.05, 3.63) is 39.2 Å². The third-order valence-electron chi connectivity index (χ3n) is 4.26. The second-order valence-electron chi connectivity index (χ2n) is 6.69. The van der Waals surface area contributed by atoms with Crippen molar-refractivity contribution in [1.29, 1.82) is 0 Å². The summed E-state index contributed by atoms with van der Waals surface area (Å²) < 4.78 is 10.9. The zero-order valence-electron chi connectivity index (χ0n) is 15.5. The molecule has 0 aliphatic heterocycles. The van der Waals surface area contributed by atoms with E-state index >= 15 is 0 Å². The summed E-state index contributed by atoms with van der Waals surface area (Å²) in [6, 6.07) is 2.50. The van der Waals surface area contributed by atoms with Gasteiger partial charge in [-0.1, -0.05) is 13.8 Å². The summed E-state index contributed by atoms with van der Waals surface area (Å²) in [5, 5.41) is 12.2. The molecule has 0 bridgehead atoms. The lowest BCUT2D eigenvalue weighted by atomic mass is 10.0. The van der Waals surface area contributed by atoms with E-state index in [1.807, 2.05) is 6.92 Å². The topological polar surface area (TPSA) is 106 Å². The van der Waals surface area contributed by atoms with Crippen LogP contribution in [0.4, 0.5) is 0 Å². The van der Waals surface area contributed by atoms with E-state index in [0.29, 0.717) is 22.3 Å². The third-order valence-corrected chi connectivity index (χ3v) is 4.26. The summed E-state index contributed by atoms with van der Waals surface area (Å²) in [4.78, 5) is 35.1. The highest BCUT2D eigenvalue weighted by Gasteiger charge is 2.23. The molecule has 2 rings (SSSR count). The molecule has 0 unspecified atom stereocenters. The van der Waals surface area contributed by atoms with Crippen molar-refractivity contribution < 1.29 is 23.8 Å². The molecule has 1 aromatic heterocycles. The van der Waals surface area contributed by atoms with Crippen molar-refractivity contribution >= 4 is 22.8 Å². The van der Waals surface area contributed by atoms with E-state index in [-0.39, 0.29) is 12.5 Å². The summed E-state index contributed by atoms with van der Waals surface area (Å²) in [7, 11) is 0. The van der Waals surface area contributed by atoms with Crippen LogP contribution in [0.25, 0.3) is 11.0 Å². The molecule has 0 spiro atoms. The van der Waals surface area contributed by atoms with Crippen LogP contribution < -0.4 is 15.7 Å². The molecule has 2 aromatic rings. The van der Waals surface area contributed by atoms with E-state index in [9.17, 15) is 14.4 Å². The van der Waals surface area contributed by atoms with Gasteiger partial charge in [-0.2, -0.15) is 0 Å². The second-order valence-corrected chi connectivity index (χ2v) is 6.69. The number of ether oxygens (including phenoxy) is 1. The molecule has 2 N–H and O–H groups in total. The minimum atomic E-state index is -1.09. The Morgan fingerprint density at radius 1 is 1.19 bits per heavy atom. The summed E-state index contributed by atoms with van der Waals surface area (Å²) in [5.41, 5.74) is 1.98. The van der Waals surface area contributed by atoms with Gasteiger partial charge in [0.2, 0.25) is 0 Å². The van der Waals surface area contributed by atoms with Crippen molar-refractivity contribution in [1.82, 2.24) is 5.32 Å². The highest BCUT2D eigenvalue weighted by Crippen LogP contribution is 2.30. The first-order valence-corrected chi connectivity index (χ1v) is 8.31. The lowest BCUT2D eigenvalue weighted by Gasteiger charge is -2.18. The van der Waals surface area contributed by atoms with E-state index in [1.165, 1.54) is 0 Å². The van der Waals surface area contributed by atoms with Crippen molar-refractivity contribution in [2.45, 2.75) is 40.7 Å². The lowest BCUT2D eigenvalue weighted by Crippen LogP contribution is -2.46. The number of carbonyl (C=O) groups excluding carboxylic acids is 1. The van der Waals surface area contributed by atoms with E-state index in [2.05, 4.69) is 5.32 Å². The van der Waals surface area contributed by atoms with E-state index in [4.69, 9.17) is 14.3 Å². The Kier molecular flexibility index (Phi) is 5.69. The largest absolute Gasteiger partial charge is 0.483 e. The number of aryl methyl sites for hydroxylation is 2. The van der Waals surface area contributed by atoms with Crippen LogP contribution in [-0.4, -0.2) is 29.6 Å². The van der Waals surface area contributed by atoms with Crippen LogP contribution in [0, 0.1) is 26.7 Å². The van der Waals surface area contributed by atoms with Crippen LogP contribution in [0.2, 0.25) is 0 Å². The molecule has 1 amide bonds. The van der Waals surface area contributed by atoms with Crippen molar-refractivity contribution in [2.24, 2.45) is 5.92 Å². The fourth-order valence-electron chi connectivity index (χ4n) is 2.67. The predicted molar refractivity (Wildman–Crippen MR) is 96.6 cm³/mol. The van der Waals surface area contributed by atoms with E-state index in [0.717, 1.165) is 11.1 Å². The maximum absolute atomic E-state index is 12.1.